The van der Waals surface area contributed by atoms with E-state index in [1.165, 1.54) is 28.1 Å². The number of anilines is 3. The number of halogens is 2. The molecule has 0 saturated carbocycles. The highest BCUT2D eigenvalue weighted by Gasteiger charge is 2.54. The highest BCUT2D eigenvalue weighted by atomic mass is 32.7. The number of hydrogen-bond acceptors (Lipinski definition) is 23. The Morgan fingerprint density at radius 1 is 0.750 bits per heavy atom. The number of amides is 1. The number of carbonyl (C=O) groups is 1. The van der Waals surface area contributed by atoms with Crippen LogP contribution in [0, 0.1) is 0 Å². The van der Waals surface area contributed by atoms with Crippen LogP contribution in [0.25, 0.3) is 44.8 Å². The molecule has 26 nitrogen and oxygen atoms in total. The van der Waals surface area contributed by atoms with Crippen LogP contribution in [0.3, 0.4) is 0 Å². The van der Waals surface area contributed by atoms with Gasteiger partial charge in [-0.3, -0.25) is 23.0 Å². The molecule has 32 heteroatoms. The molecule has 4 N–H and O–H groups in total. The van der Waals surface area contributed by atoms with E-state index in [0.29, 0.717) is 50.6 Å². The van der Waals surface area contributed by atoms with Crippen molar-refractivity contribution in [3.05, 3.63) is 109 Å². The Hall–Kier alpha value is -6.82. The standard InChI is InChI=1S/C52H55BF2N14O12P2S/c1-2-7-38(70)66-22-31-8-3-4-9-33(31)41-44(34-10-5-6-11-35(34)66)69(65-64-41)16-17-73-18-19-74-20-21-75-32-14-12-30(13-15-32)25-84-83(72)77-24-37-45(39(54)51(79-37)67-28-62-42-47(56)58-26-60-49(42)67)80-82(53,71)76-23-36-46(81-83)40(55)52(78-36)68-29-63-43-48(57)59-27-61-50(43)68/h3-6,8-15,26-29,36-37,39-40,45-46,51-52H,2,7,16-25H2,1H3,(H2,56,58,60)(H2,57,59,61)/q-1/t36-,37-,39-,40-,45-,46-,51-,52-,82+,83+/m1/s1. The zero-order chi connectivity index (χ0) is 58.1. The maximum atomic E-state index is 17.0. The number of nitrogens with two attached hydrogens (primary N) is 2. The maximum absolute atomic E-state index is 17.0. The number of ether oxygens (including phenoxy) is 5. The van der Waals surface area contributed by atoms with Gasteiger partial charge in [-0.15, -0.1) is 5.10 Å². The van der Waals surface area contributed by atoms with Crippen LogP contribution in [0.5, 0.6) is 5.75 Å². The molecule has 0 unspecified atom stereocenters. The van der Waals surface area contributed by atoms with Crippen molar-refractivity contribution in [1.29, 1.82) is 0 Å². The van der Waals surface area contributed by atoms with Crippen LogP contribution >= 0.6 is 25.7 Å². The topological polar surface area (TPSA) is 307 Å². The molecule has 0 bridgehead atoms. The molecule has 3 fully saturated rings. The first-order valence-electron chi connectivity index (χ1n) is 26.8. The molecule has 0 aliphatic carbocycles. The number of carbonyl (C=O) groups excluding carboxylic acids is 1. The number of alkyl halides is 2. The van der Waals surface area contributed by atoms with Gasteiger partial charge in [-0.05, 0) is 47.1 Å². The first-order valence-corrected chi connectivity index (χ1v) is 31.5. The molecule has 5 aromatic heterocycles. The second kappa shape index (κ2) is 24.6. The SMILES string of the molecule is [B-][P@]1(=O)OC[C@H]2O[C@@H](n3cnc4c(N)ncnc43)[C@H](F)[C@@H]2O[P@@](=O)(SCc2ccc(OCCOCCOCCn3nnc4c3-c3ccccc3N(C(=O)CCC)Cc3ccccc3-4)cc2)OC[C@H]2O[C@@H](n3cnc4c(N)ncnc43)[C@H](F)[C@@H]2O1. The molecular formula is C52H55BF2N14O12P2S-. The van der Waals surface area contributed by atoms with Gasteiger partial charge in [0, 0.05) is 23.3 Å². The first-order chi connectivity index (χ1) is 40.8. The van der Waals surface area contributed by atoms with Crippen molar-refractivity contribution in [2.75, 3.05) is 62.6 Å². The zero-order valence-electron chi connectivity index (χ0n) is 44.9. The van der Waals surface area contributed by atoms with Gasteiger partial charge in [0.05, 0.1) is 84.2 Å². The lowest BCUT2D eigenvalue weighted by Crippen LogP contribution is -2.37. The molecule has 10 atom stereocenters. The summed E-state index contributed by atoms with van der Waals surface area (Å²) in [7, 11) is 1.35. The fourth-order valence-corrected chi connectivity index (χ4v) is 14.7. The van der Waals surface area contributed by atoms with Crippen LogP contribution in [0.2, 0.25) is 0 Å². The molecule has 4 aliphatic heterocycles. The van der Waals surface area contributed by atoms with Crippen molar-refractivity contribution in [1.82, 2.24) is 54.0 Å². The minimum Gasteiger partial charge on any atom is -0.491 e. The van der Waals surface area contributed by atoms with Gasteiger partial charge in [0.2, 0.25) is 5.91 Å². The van der Waals surface area contributed by atoms with E-state index in [-0.39, 0.29) is 58.8 Å². The quantitative estimate of drug-likeness (QED) is 0.0520. The second-order valence-corrected chi connectivity index (χ2v) is 25.4. The summed E-state index contributed by atoms with van der Waals surface area (Å²) in [5.74, 6) is 0.616. The normalized spacial score (nSPS) is 26.1. The third kappa shape index (κ3) is 11.8. The maximum Gasteiger partial charge on any atom is 0.389 e. The van der Waals surface area contributed by atoms with Crippen molar-refractivity contribution in [2.24, 2.45) is 0 Å². The highest BCUT2D eigenvalue weighted by molar-refractivity contribution is 8.54. The van der Waals surface area contributed by atoms with E-state index in [2.05, 4.69) is 40.2 Å². The lowest BCUT2D eigenvalue weighted by molar-refractivity contribution is -0.118. The van der Waals surface area contributed by atoms with Crippen molar-refractivity contribution < 1.29 is 64.5 Å². The average molecular weight is 1210 g/mol. The number of imidazole rings is 2. The predicted octanol–water partition coefficient (Wildman–Crippen LogP) is 7.12. The highest BCUT2D eigenvalue weighted by Crippen LogP contribution is 2.65. The molecule has 3 radical (unpaired) electrons. The number of hydrogen-bond donors (Lipinski definition) is 2. The van der Waals surface area contributed by atoms with Gasteiger partial charge in [-0.25, -0.2) is 47.9 Å². The van der Waals surface area contributed by atoms with Crippen LogP contribution in [0.1, 0.15) is 43.3 Å². The lowest BCUT2D eigenvalue weighted by atomic mass is 9.95. The Labute approximate surface area is 483 Å². The molecule has 3 saturated heterocycles. The predicted molar refractivity (Wildman–Crippen MR) is 302 cm³/mol. The summed E-state index contributed by atoms with van der Waals surface area (Å²) >= 11 is 0.719. The summed E-state index contributed by atoms with van der Waals surface area (Å²) in [5, 5.41) is 9.16. The molecule has 439 valence electrons. The number of aromatic nitrogens is 11. The minimum atomic E-state index is -4.70. The third-order valence-corrected chi connectivity index (χ3v) is 19.1. The van der Waals surface area contributed by atoms with E-state index in [9.17, 15) is 9.36 Å². The fourth-order valence-electron chi connectivity index (χ4n) is 10.3. The van der Waals surface area contributed by atoms with E-state index in [0.717, 1.165) is 57.9 Å². The fraction of sp³-hybridized carbons (Fsp3) is 0.404. The van der Waals surface area contributed by atoms with E-state index in [1.54, 1.807) is 24.3 Å². The summed E-state index contributed by atoms with van der Waals surface area (Å²) in [5.41, 5.74) is 18.3. The average Bonchev–Trinajstić information content (AvgIpc) is 3.58. The Kier molecular flexibility index (Phi) is 16.9. The van der Waals surface area contributed by atoms with E-state index >= 15 is 13.3 Å². The minimum absolute atomic E-state index is 0.00257. The molecule has 9 heterocycles. The third-order valence-electron chi connectivity index (χ3n) is 14.4. The van der Waals surface area contributed by atoms with Crippen molar-refractivity contribution >= 4 is 78.8 Å². The van der Waals surface area contributed by atoms with Crippen LogP contribution in [0.4, 0.5) is 26.1 Å². The largest absolute Gasteiger partial charge is 0.491 e. The van der Waals surface area contributed by atoms with Crippen molar-refractivity contribution in [3.63, 3.8) is 0 Å². The lowest BCUT2D eigenvalue weighted by Gasteiger charge is -2.35. The number of benzene rings is 3. The number of rotatable bonds is 17. The zero-order valence-corrected chi connectivity index (χ0v) is 47.5. The second-order valence-electron chi connectivity index (χ2n) is 19.8. The Morgan fingerprint density at radius 3 is 2.04 bits per heavy atom. The first kappa shape index (κ1) is 57.6. The molecule has 8 aromatic rings. The van der Waals surface area contributed by atoms with Gasteiger partial charge in [-0.2, -0.15) is 0 Å². The van der Waals surface area contributed by atoms with Gasteiger partial charge in [0.15, 0.2) is 47.7 Å². The van der Waals surface area contributed by atoms with Crippen LogP contribution in [0.15, 0.2) is 98.1 Å². The molecule has 1 amide bonds. The van der Waals surface area contributed by atoms with Gasteiger partial charge in [-0.1, -0.05) is 66.7 Å². The molecule has 4 aliphatic rings. The Balaban J connectivity index is 0.672. The molecule has 12 rings (SSSR count). The number of nitrogens with zero attached hydrogens (tertiary/aromatic N) is 12. The monoisotopic (exact) mass is 1210 g/mol. The van der Waals surface area contributed by atoms with Gasteiger partial charge in [0.25, 0.3) is 0 Å². The number of para-hydroxylation sites is 1. The van der Waals surface area contributed by atoms with Gasteiger partial charge < -0.3 is 61.2 Å². The van der Waals surface area contributed by atoms with Crippen LogP contribution < -0.4 is 21.1 Å². The summed E-state index contributed by atoms with van der Waals surface area (Å²) in [6.07, 6.45) is -7.69. The number of nitrogen functional groups attached to an aromatic ring is 2. The van der Waals surface area contributed by atoms with Crippen LogP contribution in [-0.2, 0) is 69.8 Å². The van der Waals surface area contributed by atoms with Gasteiger partial charge in [0.1, 0.15) is 66.2 Å². The summed E-state index contributed by atoms with van der Waals surface area (Å²) in [6, 6.07) is 22.7. The summed E-state index contributed by atoms with van der Waals surface area (Å²) < 4.78 is 120. The molecule has 84 heavy (non-hydrogen) atoms. The molecular weight excluding hydrogens is 1160 g/mol. The van der Waals surface area contributed by atoms with Crippen molar-refractivity contribution in [3.8, 4) is 28.3 Å². The van der Waals surface area contributed by atoms with Gasteiger partial charge >= 0.3 is 6.80 Å². The Bertz CT molecular complexity index is 3780. The summed E-state index contributed by atoms with van der Waals surface area (Å²) in [6.45, 7) is -1.73. The van der Waals surface area contributed by atoms with Crippen molar-refractivity contribution in [2.45, 2.75) is 87.8 Å². The summed E-state index contributed by atoms with van der Waals surface area (Å²) in [4.78, 5) is 40.0. The van der Waals surface area contributed by atoms with E-state index in [4.69, 9.17) is 60.8 Å². The van der Waals surface area contributed by atoms with Crippen LogP contribution in [-0.4, -0.2) is 151 Å². The molecule has 3 aromatic carbocycles. The van der Waals surface area contributed by atoms with E-state index < -0.39 is 76.7 Å². The molecule has 0 spiro atoms. The van der Waals surface area contributed by atoms with E-state index in [1.807, 2.05) is 65.0 Å². The number of fused-ring (bicyclic) bond motifs is 9. The Morgan fingerprint density at radius 2 is 1.36 bits per heavy atom. The smallest absolute Gasteiger partial charge is 0.389 e.